The summed E-state index contributed by atoms with van der Waals surface area (Å²) in [4.78, 5) is 16.7. The number of ether oxygens (including phenoxy) is 1. The Labute approximate surface area is 134 Å². The third kappa shape index (κ3) is 5.11. The standard InChI is InChI=1S/C16H21N3O2S/c1-11-17-15(22-19-11)18-13(14(20)21-16(2,3)4)10-12-8-6-5-7-9-12/h5-9,13H,10H2,1-4H3,(H,17,18,19). The maximum absolute atomic E-state index is 12.4. The smallest absolute Gasteiger partial charge is 0.329 e. The molecule has 0 aliphatic carbocycles. The van der Waals surface area contributed by atoms with Crippen molar-refractivity contribution in [2.24, 2.45) is 0 Å². The summed E-state index contributed by atoms with van der Waals surface area (Å²) in [7, 11) is 0. The number of hydrogen-bond acceptors (Lipinski definition) is 6. The van der Waals surface area contributed by atoms with Gasteiger partial charge in [0.2, 0.25) is 5.13 Å². The van der Waals surface area contributed by atoms with Crippen molar-refractivity contribution >= 4 is 22.6 Å². The van der Waals surface area contributed by atoms with Gasteiger partial charge in [0.1, 0.15) is 17.5 Å². The average Bonchev–Trinajstić information content (AvgIpc) is 2.83. The van der Waals surface area contributed by atoms with Crippen LogP contribution in [0.4, 0.5) is 5.13 Å². The molecule has 6 heteroatoms. The normalized spacial score (nSPS) is 12.7. The van der Waals surface area contributed by atoms with E-state index in [0.29, 0.717) is 17.4 Å². The summed E-state index contributed by atoms with van der Waals surface area (Å²) in [6, 6.07) is 9.35. The quantitative estimate of drug-likeness (QED) is 0.857. The minimum absolute atomic E-state index is 0.288. The number of hydrogen-bond donors (Lipinski definition) is 1. The SMILES string of the molecule is Cc1nsc(NC(Cc2ccccc2)C(=O)OC(C)(C)C)n1. The molecule has 2 aromatic rings. The Morgan fingerprint density at radius 2 is 2.00 bits per heavy atom. The predicted molar refractivity (Wildman–Crippen MR) is 88.0 cm³/mol. The third-order valence-corrected chi connectivity index (χ3v) is 3.54. The second kappa shape index (κ2) is 6.87. The fourth-order valence-electron chi connectivity index (χ4n) is 1.92. The van der Waals surface area contributed by atoms with Crippen LogP contribution in [0, 0.1) is 6.92 Å². The number of rotatable bonds is 5. The Morgan fingerprint density at radius 1 is 1.32 bits per heavy atom. The van der Waals surface area contributed by atoms with Crippen molar-refractivity contribution in [3.05, 3.63) is 41.7 Å². The number of nitrogens with zero attached hydrogens (tertiary/aromatic N) is 2. The molecular formula is C16H21N3O2S. The van der Waals surface area contributed by atoms with Crippen molar-refractivity contribution in [2.45, 2.75) is 45.8 Å². The minimum Gasteiger partial charge on any atom is -0.458 e. The van der Waals surface area contributed by atoms with Crippen LogP contribution in [-0.2, 0) is 16.0 Å². The summed E-state index contributed by atoms with van der Waals surface area (Å²) in [5.74, 6) is 0.402. The first-order valence-corrected chi connectivity index (χ1v) is 7.94. The van der Waals surface area contributed by atoms with E-state index in [1.807, 2.05) is 58.0 Å². The van der Waals surface area contributed by atoms with Gasteiger partial charge in [-0.2, -0.15) is 4.37 Å². The van der Waals surface area contributed by atoms with Gasteiger partial charge in [0.05, 0.1) is 0 Å². The topological polar surface area (TPSA) is 64.1 Å². The molecular weight excluding hydrogens is 298 g/mol. The van der Waals surface area contributed by atoms with Gasteiger partial charge in [-0.15, -0.1) is 0 Å². The van der Waals surface area contributed by atoms with Gasteiger partial charge in [-0.25, -0.2) is 9.78 Å². The molecule has 1 aromatic carbocycles. The van der Waals surface area contributed by atoms with Crippen molar-refractivity contribution < 1.29 is 9.53 Å². The molecule has 1 N–H and O–H groups in total. The molecule has 0 saturated heterocycles. The zero-order valence-electron chi connectivity index (χ0n) is 13.3. The second-order valence-electron chi connectivity index (χ2n) is 6.07. The van der Waals surface area contributed by atoms with E-state index < -0.39 is 11.6 Å². The van der Waals surface area contributed by atoms with E-state index in [0.717, 1.165) is 5.56 Å². The lowest BCUT2D eigenvalue weighted by atomic mass is 10.1. The second-order valence-corrected chi connectivity index (χ2v) is 6.82. The lowest BCUT2D eigenvalue weighted by Crippen LogP contribution is -2.38. The van der Waals surface area contributed by atoms with Crippen LogP contribution in [0.2, 0.25) is 0 Å². The number of anilines is 1. The number of carbonyl (C=O) groups excluding carboxylic acids is 1. The third-order valence-electron chi connectivity index (χ3n) is 2.80. The maximum atomic E-state index is 12.4. The fourth-order valence-corrected chi connectivity index (χ4v) is 2.55. The number of benzene rings is 1. The molecule has 5 nitrogen and oxygen atoms in total. The molecule has 1 aromatic heterocycles. The van der Waals surface area contributed by atoms with Crippen molar-refractivity contribution in [3.8, 4) is 0 Å². The van der Waals surface area contributed by atoms with Gasteiger partial charge in [-0.3, -0.25) is 0 Å². The number of aromatic nitrogens is 2. The van der Waals surface area contributed by atoms with Crippen LogP contribution in [0.1, 0.15) is 32.2 Å². The van der Waals surface area contributed by atoms with Gasteiger partial charge in [0.15, 0.2) is 0 Å². The number of carbonyl (C=O) groups is 1. The Kier molecular flexibility index (Phi) is 5.13. The van der Waals surface area contributed by atoms with Crippen LogP contribution >= 0.6 is 11.5 Å². The van der Waals surface area contributed by atoms with E-state index >= 15 is 0 Å². The molecule has 1 unspecified atom stereocenters. The molecule has 0 spiro atoms. The summed E-state index contributed by atoms with van der Waals surface area (Å²) < 4.78 is 9.63. The summed E-state index contributed by atoms with van der Waals surface area (Å²) in [6.07, 6.45) is 0.536. The predicted octanol–water partition coefficient (Wildman–Crippen LogP) is 3.21. The lowest BCUT2D eigenvalue weighted by molar-refractivity contribution is -0.155. The van der Waals surface area contributed by atoms with Crippen LogP contribution in [0.15, 0.2) is 30.3 Å². The van der Waals surface area contributed by atoms with E-state index in [-0.39, 0.29) is 5.97 Å². The largest absolute Gasteiger partial charge is 0.458 e. The number of esters is 1. The zero-order valence-corrected chi connectivity index (χ0v) is 14.1. The van der Waals surface area contributed by atoms with E-state index in [1.54, 1.807) is 0 Å². The summed E-state index contributed by atoms with van der Waals surface area (Å²) >= 11 is 1.24. The summed E-state index contributed by atoms with van der Waals surface area (Å²) in [6.45, 7) is 7.40. The monoisotopic (exact) mass is 319 g/mol. The van der Waals surface area contributed by atoms with Crippen LogP contribution in [-0.4, -0.2) is 27.0 Å². The van der Waals surface area contributed by atoms with E-state index in [4.69, 9.17) is 4.74 Å². The van der Waals surface area contributed by atoms with Crippen molar-refractivity contribution in [1.29, 1.82) is 0 Å². The lowest BCUT2D eigenvalue weighted by Gasteiger charge is -2.24. The van der Waals surface area contributed by atoms with Gasteiger partial charge in [-0.05, 0) is 33.3 Å². The highest BCUT2D eigenvalue weighted by atomic mass is 32.1. The average molecular weight is 319 g/mol. The number of aryl methyl sites for hydroxylation is 1. The fraction of sp³-hybridized carbons (Fsp3) is 0.438. The highest BCUT2D eigenvalue weighted by Crippen LogP contribution is 2.17. The highest BCUT2D eigenvalue weighted by molar-refractivity contribution is 7.09. The van der Waals surface area contributed by atoms with Gasteiger partial charge in [0, 0.05) is 18.0 Å². The first-order valence-electron chi connectivity index (χ1n) is 7.17. The molecule has 1 atom stereocenters. The molecule has 0 fully saturated rings. The molecule has 0 radical (unpaired) electrons. The van der Waals surface area contributed by atoms with Gasteiger partial charge < -0.3 is 10.1 Å². The molecule has 118 valence electrons. The molecule has 0 aliphatic heterocycles. The molecule has 0 amide bonds. The van der Waals surface area contributed by atoms with Gasteiger partial charge in [-0.1, -0.05) is 30.3 Å². The van der Waals surface area contributed by atoms with Crippen LogP contribution < -0.4 is 5.32 Å². The molecule has 2 rings (SSSR count). The molecule has 0 saturated carbocycles. The number of nitrogens with one attached hydrogen (secondary N) is 1. The van der Waals surface area contributed by atoms with Crippen molar-refractivity contribution in [2.75, 3.05) is 5.32 Å². The Bertz CT molecular complexity index is 620. The molecule has 0 aliphatic rings. The maximum Gasteiger partial charge on any atom is 0.329 e. The summed E-state index contributed by atoms with van der Waals surface area (Å²) in [5.41, 5.74) is 0.539. The van der Waals surface area contributed by atoms with Gasteiger partial charge >= 0.3 is 5.97 Å². The van der Waals surface area contributed by atoms with E-state index in [1.165, 1.54) is 11.5 Å². The Hall–Kier alpha value is -1.95. The summed E-state index contributed by atoms with van der Waals surface area (Å²) in [5, 5.41) is 3.77. The Morgan fingerprint density at radius 3 is 2.55 bits per heavy atom. The van der Waals surface area contributed by atoms with Crippen molar-refractivity contribution in [3.63, 3.8) is 0 Å². The molecule has 22 heavy (non-hydrogen) atoms. The molecule has 0 bridgehead atoms. The molecule has 1 heterocycles. The van der Waals surface area contributed by atoms with E-state index in [2.05, 4.69) is 14.7 Å². The van der Waals surface area contributed by atoms with Crippen LogP contribution in [0.3, 0.4) is 0 Å². The highest BCUT2D eigenvalue weighted by Gasteiger charge is 2.26. The minimum atomic E-state index is -0.523. The van der Waals surface area contributed by atoms with E-state index in [9.17, 15) is 4.79 Å². The first-order chi connectivity index (χ1) is 10.3. The van der Waals surface area contributed by atoms with Crippen LogP contribution in [0.5, 0.6) is 0 Å². The Balaban J connectivity index is 2.14. The van der Waals surface area contributed by atoms with Gasteiger partial charge in [0.25, 0.3) is 0 Å². The van der Waals surface area contributed by atoms with Crippen LogP contribution in [0.25, 0.3) is 0 Å². The first kappa shape index (κ1) is 16.4. The van der Waals surface area contributed by atoms with Crippen molar-refractivity contribution in [1.82, 2.24) is 9.36 Å². The zero-order chi connectivity index (χ0) is 16.2.